The van der Waals surface area contributed by atoms with E-state index in [1.54, 1.807) is 0 Å². The molecule has 1 aromatic rings. The van der Waals surface area contributed by atoms with Crippen molar-refractivity contribution >= 4 is 34.8 Å². The largest absolute Gasteiger partial charge is 0.416 e. The van der Waals surface area contributed by atoms with Crippen LogP contribution < -0.4 is 0 Å². The normalized spacial score (nSPS) is 20.3. The number of allylic oxidation sites excluding steroid dienone is 2. The molecule has 2 rings (SSSR count). The summed E-state index contributed by atoms with van der Waals surface area (Å²) in [4.78, 5) is 23.7. The highest BCUT2D eigenvalue weighted by Crippen LogP contribution is 2.32. The second-order valence-corrected chi connectivity index (χ2v) is 5.81. The molecule has 0 amide bonds. The van der Waals surface area contributed by atoms with E-state index >= 15 is 0 Å². The third kappa shape index (κ3) is 3.70. The summed E-state index contributed by atoms with van der Waals surface area (Å²) in [6.45, 7) is 0. The Hall–Kier alpha value is -1.33. The number of ketones is 2. The van der Waals surface area contributed by atoms with Crippen LogP contribution in [-0.4, -0.2) is 11.6 Å². The fraction of sp³-hybridized carbons (Fsp3) is 0.333. The molecule has 22 heavy (non-hydrogen) atoms. The number of carbonyl (C=O) groups is 2. The molecule has 0 radical (unpaired) electrons. The molecular formula is C15H11Cl2F3O2. The van der Waals surface area contributed by atoms with E-state index in [0.717, 1.165) is 12.1 Å². The standard InChI is InChI=1S/C15H11Cl2F3O2/c16-12-11(21)6-3-9(14(22)13(12)17)7-8-1-4-10(5-2-8)15(18,19)20/h1-2,4-5,9H,3,6-7H2. The molecule has 0 spiro atoms. The average Bonchev–Trinajstić information content (AvgIpc) is 2.55. The van der Waals surface area contributed by atoms with E-state index in [2.05, 4.69) is 0 Å². The highest BCUT2D eigenvalue weighted by atomic mass is 35.5. The van der Waals surface area contributed by atoms with Crippen molar-refractivity contribution in [1.29, 1.82) is 0 Å². The summed E-state index contributed by atoms with van der Waals surface area (Å²) in [5, 5.41) is -0.553. The van der Waals surface area contributed by atoms with Gasteiger partial charge >= 0.3 is 6.18 Å². The summed E-state index contributed by atoms with van der Waals surface area (Å²) >= 11 is 11.5. The van der Waals surface area contributed by atoms with Gasteiger partial charge in [-0.15, -0.1) is 0 Å². The molecular weight excluding hydrogens is 340 g/mol. The van der Waals surface area contributed by atoms with Gasteiger partial charge in [0.2, 0.25) is 0 Å². The van der Waals surface area contributed by atoms with Crippen LogP contribution >= 0.6 is 23.2 Å². The van der Waals surface area contributed by atoms with E-state index in [1.165, 1.54) is 12.1 Å². The van der Waals surface area contributed by atoms with Crippen molar-refractivity contribution in [3.63, 3.8) is 0 Å². The van der Waals surface area contributed by atoms with Crippen LogP contribution in [0.2, 0.25) is 0 Å². The summed E-state index contributed by atoms with van der Waals surface area (Å²) in [6.07, 6.45) is -3.83. The third-order valence-electron chi connectivity index (χ3n) is 3.51. The van der Waals surface area contributed by atoms with E-state index in [0.29, 0.717) is 5.56 Å². The summed E-state index contributed by atoms with van der Waals surface area (Å²) < 4.78 is 37.5. The molecule has 0 saturated carbocycles. The molecule has 7 heteroatoms. The molecule has 0 aliphatic heterocycles. The molecule has 1 atom stereocenters. The molecule has 118 valence electrons. The third-order valence-corrected chi connectivity index (χ3v) is 4.38. The lowest BCUT2D eigenvalue weighted by Crippen LogP contribution is -2.16. The molecule has 1 unspecified atom stereocenters. The first-order chi connectivity index (χ1) is 10.2. The Morgan fingerprint density at radius 3 is 2.18 bits per heavy atom. The SMILES string of the molecule is O=C1CCC(Cc2ccc(C(F)(F)F)cc2)C(=O)C(Cl)=C1Cl. The van der Waals surface area contributed by atoms with Gasteiger partial charge in [-0.05, 0) is 30.5 Å². The Bertz CT molecular complexity index is 633. The van der Waals surface area contributed by atoms with E-state index < -0.39 is 29.2 Å². The minimum atomic E-state index is -4.40. The maximum Gasteiger partial charge on any atom is 0.416 e. The monoisotopic (exact) mass is 350 g/mol. The van der Waals surface area contributed by atoms with Crippen LogP contribution in [0.15, 0.2) is 34.3 Å². The lowest BCUT2D eigenvalue weighted by molar-refractivity contribution is -0.137. The highest BCUT2D eigenvalue weighted by molar-refractivity contribution is 6.54. The Balaban J connectivity index is 2.17. The summed E-state index contributed by atoms with van der Waals surface area (Å²) in [5.41, 5.74) is -0.180. The van der Waals surface area contributed by atoms with Gasteiger partial charge in [-0.1, -0.05) is 35.3 Å². The number of hydrogen-bond acceptors (Lipinski definition) is 2. The zero-order valence-corrected chi connectivity index (χ0v) is 12.7. The second kappa shape index (κ2) is 6.42. The summed E-state index contributed by atoms with van der Waals surface area (Å²) in [6, 6.07) is 4.57. The number of halogens is 5. The van der Waals surface area contributed by atoms with Gasteiger partial charge in [0.15, 0.2) is 11.6 Å². The quantitative estimate of drug-likeness (QED) is 0.787. The van der Waals surface area contributed by atoms with Crippen LogP contribution in [0.25, 0.3) is 0 Å². The first kappa shape index (κ1) is 17.0. The van der Waals surface area contributed by atoms with Gasteiger partial charge in [0, 0.05) is 12.3 Å². The van der Waals surface area contributed by atoms with Gasteiger partial charge in [0.1, 0.15) is 10.1 Å². The zero-order chi connectivity index (χ0) is 16.5. The van der Waals surface area contributed by atoms with Crippen molar-refractivity contribution in [2.75, 3.05) is 0 Å². The number of hydrogen-bond donors (Lipinski definition) is 0. The predicted molar refractivity (Wildman–Crippen MR) is 76.6 cm³/mol. The predicted octanol–water partition coefficient (Wildman–Crippen LogP) is 4.49. The number of Topliss-reactive ketones (excluding diaryl/α,β-unsaturated/α-hetero) is 2. The first-order valence-corrected chi connectivity index (χ1v) is 7.24. The lowest BCUT2D eigenvalue weighted by Gasteiger charge is -2.13. The molecule has 1 aliphatic rings. The number of alkyl halides is 3. The van der Waals surface area contributed by atoms with Crippen molar-refractivity contribution in [1.82, 2.24) is 0 Å². The van der Waals surface area contributed by atoms with Crippen molar-refractivity contribution < 1.29 is 22.8 Å². The van der Waals surface area contributed by atoms with Crippen molar-refractivity contribution in [3.8, 4) is 0 Å². The van der Waals surface area contributed by atoms with E-state index in [9.17, 15) is 22.8 Å². The molecule has 0 N–H and O–H groups in total. The van der Waals surface area contributed by atoms with E-state index in [4.69, 9.17) is 23.2 Å². The lowest BCUT2D eigenvalue weighted by atomic mass is 9.91. The Morgan fingerprint density at radius 2 is 1.64 bits per heavy atom. The van der Waals surface area contributed by atoms with E-state index in [1.807, 2.05) is 0 Å². The fourth-order valence-corrected chi connectivity index (χ4v) is 2.71. The van der Waals surface area contributed by atoms with Crippen LogP contribution in [0, 0.1) is 5.92 Å². The van der Waals surface area contributed by atoms with Gasteiger partial charge in [-0.25, -0.2) is 0 Å². The molecule has 0 aromatic heterocycles. The first-order valence-electron chi connectivity index (χ1n) is 6.49. The van der Waals surface area contributed by atoms with Crippen molar-refractivity contribution in [2.24, 2.45) is 5.92 Å². The Morgan fingerprint density at radius 1 is 1.05 bits per heavy atom. The number of benzene rings is 1. The topological polar surface area (TPSA) is 34.1 Å². The molecule has 2 nitrogen and oxygen atoms in total. The maximum atomic E-state index is 12.5. The number of rotatable bonds is 2. The Labute approximate surface area is 134 Å². The molecule has 0 bridgehead atoms. The minimum absolute atomic E-state index is 0.0894. The van der Waals surface area contributed by atoms with Crippen LogP contribution in [0.3, 0.4) is 0 Å². The van der Waals surface area contributed by atoms with Crippen LogP contribution in [0.1, 0.15) is 24.0 Å². The van der Waals surface area contributed by atoms with Crippen LogP contribution in [0.5, 0.6) is 0 Å². The second-order valence-electron chi connectivity index (χ2n) is 5.05. The average molecular weight is 351 g/mol. The van der Waals surface area contributed by atoms with Crippen LogP contribution in [-0.2, 0) is 22.2 Å². The minimum Gasteiger partial charge on any atom is -0.293 e. The fourth-order valence-electron chi connectivity index (χ4n) is 2.27. The van der Waals surface area contributed by atoms with Crippen molar-refractivity contribution in [2.45, 2.75) is 25.4 Å². The molecule has 0 saturated heterocycles. The van der Waals surface area contributed by atoms with Gasteiger partial charge in [-0.2, -0.15) is 13.2 Å². The van der Waals surface area contributed by atoms with Crippen molar-refractivity contribution in [3.05, 3.63) is 45.5 Å². The van der Waals surface area contributed by atoms with Gasteiger partial charge in [0.25, 0.3) is 0 Å². The van der Waals surface area contributed by atoms with Gasteiger partial charge < -0.3 is 0 Å². The highest BCUT2D eigenvalue weighted by Gasteiger charge is 2.32. The summed E-state index contributed by atoms with van der Waals surface area (Å²) in [7, 11) is 0. The van der Waals surface area contributed by atoms with Gasteiger partial charge in [0.05, 0.1) is 5.56 Å². The van der Waals surface area contributed by atoms with E-state index in [-0.39, 0.29) is 29.3 Å². The molecule has 0 heterocycles. The maximum absolute atomic E-state index is 12.5. The summed E-state index contributed by atoms with van der Waals surface area (Å²) in [5.74, 6) is -1.41. The zero-order valence-electron chi connectivity index (χ0n) is 11.2. The van der Waals surface area contributed by atoms with Gasteiger partial charge in [-0.3, -0.25) is 9.59 Å². The molecule has 0 fully saturated rings. The molecule has 1 aliphatic carbocycles. The molecule has 1 aromatic carbocycles. The van der Waals surface area contributed by atoms with Crippen LogP contribution in [0.4, 0.5) is 13.2 Å². The smallest absolute Gasteiger partial charge is 0.293 e. The Kier molecular flexibility index (Phi) is 4.97. The number of carbonyl (C=O) groups excluding carboxylic acids is 2.